The molecule has 1 unspecified atom stereocenters. The third kappa shape index (κ3) is 53.5. The number of hydrogen-bond donors (Lipinski definition) is 1. The standard InChI is InChI=1S/C59H116O5/c1-3-5-7-9-11-13-15-17-19-21-22-23-24-25-26-27-28-29-30-31-32-33-34-35-36-37-38-40-42-44-46-48-50-52-54-59(62)64-57(55-60)56-63-58(61)53-51-49-47-45-43-41-39-20-18-16-14-12-10-8-6-4-2/h57,60H,3-56H2,1-2H3. The minimum atomic E-state index is -0.764. The Kier molecular flexibility index (Phi) is 55.3. The lowest BCUT2D eigenvalue weighted by Crippen LogP contribution is -2.28. The number of esters is 2. The second kappa shape index (κ2) is 56.2. The first-order valence-corrected chi connectivity index (χ1v) is 29.6. The summed E-state index contributed by atoms with van der Waals surface area (Å²) in [6.07, 6.45) is 68.2. The van der Waals surface area contributed by atoms with E-state index in [0.717, 1.165) is 32.1 Å². The zero-order valence-electron chi connectivity index (χ0n) is 43.8. The lowest BCUT2D eigenvalue weighted by molar-refractivity contribution is -0.161. The van der Waals surface area contributed by atoms with Gasteiger partial charge in [-0.15, -0.1) is 0 Å². The minimum absolute atomic E-state index is 0.0559. The molecule has 0 aliphatic heterocycles. The highest BCUT2D eigenvalue weighted by Gasteiger charge is 2.16. The average molecular weight is 906 g/mol. The molecule has 64 heavy (non-hydrogen) atoms. The van der Waals surface area contributed by atoms with Crippen LogP contribution in [-0.4, -0.2) is 36.4 Å². The molecule has 0 amide bonds. The molecule has 0 aromatic heterocycles. The molecule has 5 heteroatoms. The Morgan fingerprint density at radius 3 is 0.688 bits per heavy atom. The summed E-state index contributed by atoms with van der Waals surface area (Å²) in [5.74, 6) is -0.565. The maximum absolute atomic E-state index is 12.3. The zero-order chi connectivity index (χ0) is 46.3. The van der Waals surface area contributed by atoms with Crippen LogP contribution in [0.4, 0.5) is 0 Å². The largest absolute Gasteiger partial charge is 0.462 e. The molecule has 0 aromatic rings. The molecule has 5 nitrogen and oxygen atoms in total. The predicted octanol–water partition coefficient (Wildman–Crippen LogP) is 19.8. The molecule has 0 aliphatic rings. The Balaban J connectivity index is 3.35. The molecular formula is C59H116O5. The SMILES string of the molecule is CCCCCCCCCCCCCCCCCCCCCCCCCCCCCCCCCCCCC(=O)OC(CO)COC(=O)CCCCCCCCCCCCCCCCCC. The molecule has 1 atom stereocenters. The van der Waals surface area contributed by atoms with E-state index >= 15 is 0 Å². The van der Waals surface area contributed by atoms with E-state index in [1.807, 2.05) is 0 Å². The lowest BCUT2D eigenvalue weighted by atomic mass is 10.0. The van der Waals surface area contributed by atoms with Gasteiger partial charge in [0, 0.05) is 12.8 Å². The van der Waals surface area contributed by atoms with E-state index in [1.165, 1.54) is 289 Å². The van der Waals surface area contributed by atoms with Crippen molar-refractivity contribution >= 4 is 11.9 Å². The minimum Gasteiger partial charge on any atom is -0.462 e. The lowest BCUT2D eigenvalue weighted by Gasteiger charge is -2.15. The Bertz CT molecular complexity index is 891. The predicted molar refractivity (Wildman–Crippen MR) is 279 cm³/mol. The molecule has 0 spiro atoms. The number of carbonyl (C=O) groups excluding carboxylic acids is 2. The molecule has 0 fully saturated rings. The van der Waals surface area contributed by atoms with Crippen LogP contribution in [0, 0.1) is 0 Å². The normalized spacial score (nSPS) is 12.0. The summed E-state index contributed by atoms with van der Waals surface area (Å²) in [5.41, 5.74) is 0. The van der Waals surface area contributed by atoms with Crippen molar-refractivity contribution in [3.05, 3.63) is 0 Å². The topological polar surface area (TPSA) is 72.8 Å². The molecule has 0 heterocycles. The Labute approximate surface area is 401 Å². The molecule has 0 saturated carbocycles. The van der Waals surface area contributed by atoms with E-state index in [-0.39, 0.29) is 25.2 Å². The molecular weight excluding hydrogens is 789 g/mol. The van der Waals surface area contributed by atoms with Gasteiger partial charge in [0.05, 0.1) is 6.61 Å². The summed E-state index contributed by atoms with van der Waals surface area (Å²) < 4.78 is 10.7. The van der Waals surface area contributed by atoms with Gasteiger partial charge in [0.25, 0.3) is 0 Å². The Morgan fingerprint density at radius 1 is 0.297 bits per heavy atom. The molecule has 0 radical (unpaired) electrons. The van der Waals surface area contributed by atoms with E-state index in [1.54, 1.807) is 0 Å². The van der Waals surface area contributed by atoms with Crippen LogP contribution in [0.3, 0.4) is 0 Å². The van der Waals surface area contributed by atoms with Crippen molar-refractivity contribution in [3.63, 3.8) is 0 Å². The summed E-state index contributed by atoms with van der Waals surface area (Å²) >= 11 is 0. The van der Waals surface area contributed by atoms with Crippen LogP contribution >= 0.6 is 0 Å². The molecule has 1 N–H and O–H groups in total. The van der Waals surface area contributed by atoms with E-state index < -0.39 is 6.10 Å². The Hall–Kier alpha value is -1.10. The van der Waals surface area contributed by atoms with Crippen LogP contribution in [0.25, 0.3) is 0 Å². The van der Waals surface area contributed by atoms with Crippen molar-refractivity contribution in [1.82, 2.24) is 0 Å². The van der Waals surface area contributed by atoms with Crippen molar-refractivity contribution in [2.75, 3.05) is 13.2 Å². The van der Waals surface area contributed by atoms with Crippen molar-refractivity contribution in [3.8, 4) is 0 Å². The van der Waals surface area contributed by atoms with Gasteiger partial charge < -0.3 is 14.6 Å². The van der Waals surface area contributed by atoms with E-state index in [9.17, 15) is 14.7 Å². The number of ether oxygens (including phenoxy) is 2. The third-order valence-corrected chi connectivity index (χ3v) is 13.9. The van der Waals surface area contributed by atoms with Gasteiger partial charge in [0.15, 0.2) is 6.10 Å². The van der Waals surface area contributed by atoms with Gasteiger partial charge in [-0.05, 0) is 12.8 Å². The summed E-state index contributed by atoms with van der Waals surface area (Å²) in [5, 5.41) is 9.64. The summed E-state index contributed by atoms with van der Waals surface area (Å²) in [4.78, 5) is 24.5. The first-order chi connectivity index (χ1) is 31.6. The molecule has 0 rings (SSSR count). The first kappa shape index (κ1) is 62.9. The first-order valence-electron chi connectivity index (χ1n) is 29.6. The molecule has 0 bridgehead atoms. The van der Waals surface area contributed by atoms with Crippen LogP contribution in [0.5, 0.6) is 0 Å². The average Bonchev–Trinajstić information content (AvgIpc) is 3.30. The van der Waals surface area contributed by atoms with Crippen molar-refractivity contribution in [2.24, 2.45) is 0 Å². The maximum Gasteiger partial charge on any atom is 0.306 e. The van der Waals surface area contributed by atoms with Gasteiger partial charge in [-0.2, -0.15) is 0 Å². The fourth-order valence-corrected chi connectivity index (χ4v) is 9.44. The number of aliphatic hydroxyl groups is 1. The van der Waals surface area contributed by atoms with Crippen molar-refractivity contribution in [2.45, 2.75) is 354 Å². The number of carbonyl (C=O) groups is 2. The third-order valence-electron chi connectivity index (χ3n) is 13.9. The molecule has 0 aromatic carbocycles. The number of unbranched alkanes of at least 4 members (excludes halogenated alkanes) is 48. The van der Waals surface area contributed by atoms with E-state index in [0.29, 0.717) is 12.8 Å². The zero-order valence-corrected chi connectivity index (χ0v) is 43.8. The van der Waals surface area contributed by atoms with Crippen molar-refractivity contribution < 1.29 is 24.2 Å². The van der Waals surface area contributed by atoms with Gasteiger partial charge in [-0.25, -0.2) is 0 Å². The second-order valence-electron chi connectivity index (χ2n) is 20.4. The number of rotatable bonds is 56. The van der Waals surface area contributed by atoms with E-state index in [2.05, 4.69) is 13.8 Å². The van der Waals surface area contributed by atoms with Gasteiger partial charge in [-0.1, -0.05) is 322 Å². The van der Waals surface area contributed by atoms with Gasteiger partial charge >= 0.3 is 11.9 Å². The quantitative estimate of drug-likeness (QED) is 0.0486. The van der Waals surface area contributed by atoms with Crippen LogP contribution in [0.1, 0.15) is 348 Å². The highest BCUT2D eigenvalue weighted by atomic mass is 16.6. The highest BCUT2D eigenvalue weighted by molar-refractivity contribution is 5.70. The molecule has 382 valence electrons. The number of hydrogen-bond acceptors (Lipinski definition) is 5. The smallest absolute Gasteiger partial charge is 0.306 e. The monoisotopic (exact) mass is 905 g/mol. The van der Waals surface area contributed by atoms with Crippen molar-refractivity contribution in [1.29, 1.82) is 0 Å². The number of aliphatic hydroxyl groups excluding tert-OH is 1. The van der Waals surface area contributed by atoms with Crippen LogP contribution < -0.4 is 0 Å². The van der Waals surface area contributed by atoms with Gasteiger partial charge in [0.1, 0.15) is 6.61 Å². The maximum atomic E-state index is 12.3. The van der Waals surface area contributed by atoms with E-state index in [4.69, 9.17) is 9.47 Å². The van der Waals surface area contributed by atoms with Crippen LogP contribution in [0.2, 0.25) is 0 Å². The fraction of sp³-hybridized carbons (Fsp3) is 0.966. The molecule has 0 saturated heterocycles. The van der Waals surface area contributed by atoms with Crippen LogP contribution in [0.15, 0.2) is 0 Å². The fourth-order valence-electron chi connectivity index (χ4n) is 9.44. The summed E-state index contributed by atoms with van der Waals surface area (Å²) in [6.45, 7) is 4.20. The van der Waals surface area contributed by atoms with Crippen LogP contribution in [-0.2, 0) is 19.1 Å². The molecule has 0 aliphatic carbocycles. The Morgan fingerprint density at radius 2 is 0.484 bits per heavy atom. The highest BCUT2D eigenvalue weighted by Crippen LogP contribution is 2.19. The van der Waals surface area contributed by atoms with Gasteiger partial charge in [-0.3, -0.25) is 9.59 Å². The summed E-state index contributed by atoms with van der Waals surface area (Å²) in [6, 6.07) is 0. The second-order valence-corrected chi connectivity index (χ2v) is 20.4. The summed E-state index contributed by atoms with van der Waals surface area (Å²) in [7, 11) is 0. The van der Waals surface area contributed by atoms with Gasteiger partial charge in [0.2, 0.25) is 0 Å².